The Kier molecular flexibility index (Phi) is 7.90. The van der Waals surface area contributed by atoms with Gasteiger partial charge >= 0.3 is 0 Å². The lowest BCUT2D eigenvalue weighted by Gasteiger charge is -2.11. The maximum Gasteiger partial charge on any atom is 0.263 e. The quantitative estimate of drug-likeness (QED) is 0.326. The van der Waals surface area contributed by atoms with Gasteiger partial charge in [0.1, 0.15) is 29.0 Å². The van der Waals surface area contributed by atoms with Gasteiger partial charge in [-0.3, -0.25) is 4.79 Å². The summed E-state index contributed by atoms with van der Waals surface area (Å²) in [5, 5.41) is 2.61. The molecule has 2 aromatic rings. The van der Waals surface area contributed by atoms with Crippen molar-refractivity contribution in [3.05, 3.63) is 63.5 Å². The Balaban J connectivity index is 1.46. The number of rotatable bonds is 9. The van der Waals surface area contributed by atoms with E-state index in [0.29, 0.717) is 41.4 Å². The van der Waals surface area contributed by atoms with Crippen LogP contribution in [0, 0.1) is 0 Å². The molecule has 2 aromatic carbocycles. The largest absolute Gasteiger partial charge is 0.491 e. The molecule has 1 amide bonds. The minimum atomic E-state index is -0.192. The molecule has 1 N–H and O–H groups in total. The van der Waals surface area contributed by atoms with Crippen molar-refractivity contribution in [3.63, 3.8) is 0 Å². The number of thioether (sulfide) groups is 1. The van der Waals surface area contributed by atoms with E-state index in [1.54, 1.807) is 6.08 Å². The summed E-state index contributed by atoms with van der Waals surface area (Å²) >= 11 is 9.71. The van der Waals surface area contributed by atoms with E-state index in [4.69, 9.17) is 26.4 Å². The second-order valence-corrected chi connectivity index (χ2v) is 8.29. The molecule has 0 saturated carbocycles. The molecule has 0 aliphatic carbocycles. The Labute approximate surface area is 181 Å². The van der Waals surface area contributed by atoms with Crippen LogP contribution in [0.5, 0.6) is 11.5 Å². The molecule has 1 fully saturated rings. The molecule has 146 valence electrons. The van der Waals surface area contributed by atoms with E-state index in [-0.39, 0.29) is 5.91 Å². The molecule has 1 saturated heterocycles. The van der Waals surface area contributed by atoms with Crippen molar-refractivity contribution in [3.8, 4) is 11.5 Å². The number of hydrogen-bond donors (Lipinski definition) is 1. The van der Waals surface area contributed by atoms with Crippen LogP contribution < -0.4 is 14.8 Å². The molecule has 28 heavy (non-hydrogen) atoms. The first-order chi connectivity index (χ1) is 13.6. The fraction of sp³-hybridized carbons (Fsp3) is 0.200. The molecule has 1 aliphatic heterocycles. The van der Waals surface area contributed by atoms with Crippen LogP contribution in [0.15, 0.2) is 57.9 Å². The highest BCUT2D eigenvalue weighted by Crippen LogP contribution is 2.31. The maximum absolute atomic E-state index is 11.9. The van der Waals surface area contributed by atoms with Gasteiger partial charge < -0.3 is 19.5 Å². The van der Waals surface area contributed by atoms with Gasteiger partial charge in [-0.2, -0.15) is 0 Å². The van der Waals surface area contributed by atoms with Gasteiger partial charge in [-0.1, -0.05) is 58.1 Å². The molecule has 1 heterocycles. The first-order valence-electron chi connectivity index (χ1n) is 8.54. The molecule has 8 heteroatoms. The van der Waals surface area contributed by atoms with E-state index in [1.807, 2.05) is 48.5 Å². The third-order valence-electron chi connectivity index (χ3n) is 3.63. The molecular formula is C20H18BrNO4S2. The van der Waals surface area contributed by atoms with Crippen molar-refractivity contribution in [2.45, 2.75) is 0 Å². The summed E-state index contributed by atoms with van der Waals surface area (Å²) in [4.78, 5) is 12.4. The molecular weight excluding hydrogens is 462 g/mol. The second kappa shape index (κ2) is 10.6. The van der Waals surface area contributed by atoms with Crippen LogP contribution in [0.2, 0.25) is 0 Å². The van der Waals surface area contributed by atoms with Crippen LogP contribution >= 0.6 is 39.9 Å². The Hall–Kier alpha value is -1.87. The van der Waals surface area contributed by atoms with Crippen molar-refractivity contribution < 1.29 is 19.0 Å². The summed E-state index contributed by atoms with van der Waals surface area (Å²) in [7, 11) is 0. The highest BCUT2D eigenvalue weighted by molar-refractivity contribution is 9.10. The van der Waals surface area contributed by atoms with Gasteiger partial charge in [-0.25, -0.2) is 0 Å². The molecule has 0 unspecified atom stereocenters. The summed E-state index contributed by atoms with van der Waals surface area (Å²) in [5.74, 6) is 1.30. The average Bonchev–Trinajstić information content (AvgIpc) is 3.00. The van der Waals surface area contributed by atoms with E-state index < -0.39 is 0 Å². The van der Waals surface area contributed by atoms with Crippen molar-refractivity contribution in [1.29, 1.82) is 0 Å². The standard InChI is InChI=1S/C20H18BrNO4S2/c21-15-6-7-17(14(12-15)13-18-19(23)22-20(27)28-18)26-11-9-24-8-10-25-16-4-2-1-3-5-16/h1-7,12-13H,8-11H2,(H,22,23,27)/b18-13+. The highest BCUT2D eigenvalue weighted by Gasteiger charge is 2.22. The van der Waals surface area contributed by atoms with Crippen LogP contribution in [-0.4, -0.2) is 36.7 Å². The topological polar surface area (TPSA) is 56.8 Å². The Morgan fingerprint density at radius 2 is 1.79 bits per heavy atom. The minimum absolute atomic E-state index is 0.192. The zero-order chi connectivity index (χ0) is 19.8. The number of halogens is 1. The van der Waals surface area contributed by atoms with Crippen molar-refractivity contribution in [1.82, 2.24) is 5.32 Å². The van der Waals surface area contributed by atoms with Crippen molar-refractivity contribution in [2.24, 2.45) is 0 Å². The Morgan fingerprint density at radius 3 is 2.50 bits per heavy atom. The number of benzene rings is 2. The smallest absolute Gasteiger partial charge is 0.263 e. The molecule has 3 rings (SSSR count). The summed E-state index contributed by atoms with van der Waals surface area (Å²) in [6.45, 7) is 1.78. The predicted molar refractivity (Wildman–Crippen MR) is 119 cm³/mol. The van der Waals surface area contributed by atoms with E-state index >= 15 is 0 Å². The Morgan fingerprint density at radius 1 is 1.04 bits per heavy atom. The van der Waals surface area contributed by atoms with Crippen LogP contribution in [0.1, 0.15) is 5.56 Å². The first kappa shape index (κ1) is 20.9. The van der Waals surface area contributed by atoms with Gasteiger partial charge in [0.15, 0.2) is 0 Å². The molecule has 0 aromatic heterocycles. The zero-order valence-corrected chi connectivity index (χ0v) is 18.1. The average molecular weight is 480 g/mol. The highest BCUT2D eigenvalue weighted by atomic mass is 79.9. The lowest BCUT2D eigenvalue weighted by Crippen LogP contribution is -2.17. The van der Waals surface area contributed by atoms with Crippen LogP contribution in [-0.2, 0) is 9.53 Å². The van der Waals surface area contributed by atoms with E-state index in [9.17, 15) is 4.79 Å². The van der Waals surface area contributed by atoms with Gasteiger partial charge in [0.05, 0.1) is 18.1 Å². The first-order valence-corrected chi connectivity index (χ1v) is 10.6. The normalized spacial score (nSPS) is 15.0. The molecule has 1 aliphatic rings. The lowest BCUT2D eigenvalue weighted by atomic mass is 10.2. The van der Waals surface area contributed by atoms with Gasteiger partial charge in [0, 0.05) is 10.0 Å². The number of ether oxygens (including phenoxy) is 3. The molecule has 0 atom stereocenters. The summed E-state index contributed by atoms with van der Waals surface area (Å²) in [5.41, 5.74) is 0.795. The monoisotopic (exact) mass is 479 g/mol. The van der Waals surface area contributed by atoms with E-state index in [0.717, 1.165) is 15.8 Å². The predicted octanol–water partition coefficient (Wildman–Crippen LogP) is 4.41. The number of amides is 1. The fourth-order valence-corrected chi connectivity index (χ4v) is 3.79. The number of nitrogens with one attached hydrogen (secondary N) is 1. The van der Waals surface area contributed by atoms with Crippen molar-refractivity contribution >= 4 is 56.2 Å². The summed E-state index contributed by atoms with van der Waals surface area (Å²) in [6, 6.07) is 15.2. The second-order valence-electron chi connectivity index (χ2n) is 5.66. The number of thiocarbonyl (C=S) groups is 1. The molecule has 0 spiro atoms. The SMILES string of the molecule is O=C1NC(=S)S/C1=C/c1cc(Br)ccc1OCCOCCOc1ccccc1. The molecule has 5 nitrogen and oxygen atoms in total. The van der Waals surface area contributed by atoms with E-state index in [2.05, 4.69) is 21.2 Å². The number of carbonyl (C=O) groups excluding carboxylic acids is 1. The number of carbonyl (C=O) groups is 1. The zero-order valence-electron chi connectivity index (χ0n) is 14.9. The van der Waals surface area contributed by atoms with Crippen LogP contribution in [0.3, 0.4) is 0 Å². The van der Waals surface area contributed by atoms with E-state index in [1.165, 1.54) is 11.8 Å². The molecule has 0 radical (unpaired) electrons. The minimum Gasteiger partial charge on any atom is -0.491 e. The van der Waals surface area contributed by atoms with Gasteiger partial charge in [-0.05, 0) is 36.4 Å². The maximum atomic E-state index is 11.9. The number of hydrogen-bond acceptors (Lipinski definition) is 6. The summed E-state index contributed by atoms with van der Waals surface area (Å²) < 4.78 is 18.3. The third kappa shape index (κ3) is 6.34. The van der Waals surface area contributed by atoms with Crippen LogP contribution in [0.25, 0.3) is 6.08 Å². The summed E-state index contributed by atoms with van der Waals surface area (Å²) in [6.07, 6.45) is 1.77. The van der Waals surface area contributed by atoms with Crippen molar-refractivity contribution in [2.75, 3.05) is 26.4 Å². The fourth-order valence-electron chi connectivity index (χ4n) is 2.37. The Bertz CT molecular complexity index is 874. The van der Waals surface area contributed by atoms with Gasteiger partial charge in [-0.15, -0.1) is 0 Å². The lowest BCUT2D eigenvalue weighted by molar-refractivity contribution is -0.115. The molecule has 0 bridgehead atoms. The van der Waals surface area contributed by atoms with Gasteiger partial charge in [0.2, 0.25) is 0 Å². The van der Waals surface area contributed by atoms with Gasteiger partial charge in [0.25, 0.3) is 5.91 Å². The number of para-hydroxylation sites is 1. The van der Waals surface area contributed by atoms with Crippen LogP contribution in [0.4, 0.5) is 0 Å². The third-order valence-corrected chi connectivity index (χ3v) is 5.28.